The molecule has 4 aliphatic heterocycles. The molecule has 0 aromatic heterocycles. The van der Waals surface area contributed by atoms with Crippen LogP contribution < -0.4 is 78.2 Å². The minimum absolute atomic E-state index is 0.0177. The van der Waals surface area contributed by atoms with Gasteiger partial charge in [0.15, 0.2) is 17.3 Å². The van der Waals surface area contributed by atoms with Gasteiger partial charge in [-0.05, 0) is 75.3 Å². The monoisotopic (exact) mass is 1110 g/mol. The number of Topliss-reactive ketones (excluding diaryl/α,β-unsaturated/α-hetero) is 1. The molecule has 2 unspecified atom stereocenters. The van der Waals surface area contributed by atoms with Crippen LogP contribution in [0.1, 0.15) is 46.0 Å². The number of hydrogen-bond donors (Lipinski definition) is 12. The highest BCUT2D eigenvalue weighted by Crippen LogP contribution is 2.48. The van der Waals surface area contributed by atoms with E-state index < -0.39 is 116 Å². The molecule has 4 heterocycles. The summed E-state index contributed by atoms with van der Waals surface area (Å²) in [6.45, 7) is 1.85. The van der Waals surface area contributed by atoms with Crippen LogP contribution in [0, 0.1) is 5.82 Å². The number of anilines is 3. The second kappa shape index (κ2) is 27.8. The highest BCUT2D eigenvalue weighted by Gasteiger charge is 2.42. The predicted molar refractivity (Wildman–Crippen MR) is 286 cm³/mol. The molecule has 430 valence electrons. The lowest BCUT2D eigenvalue weighted by Crippen LogP contribution is -2.57. The van der Waals surface area contributed by atoms with E-state index in [1.807, 2.05) is 23.8 Å². The Hall–Kier alpha value is -8.63. The molecule has 1 saturated heterocycles. The number of rotatable bonds is 19. The van der Waals surface area contributed by atoms with Crippen molar-refractivity contribution in [2.24, 2.45) is 5.73 Å². The Morgan fingerprint density at radius 2 is 1.35 bits per heavy atom. The van der Waals surface area contributed by atoms with Gasteiger partial charge in [0.05, 0.1) is 68.6 Å². The van der Waals surface area contributed by atoms with Gasteiger partial charge in [0, 0.05) is 56.9 Å². The van der Waals surface area contributed by atoms with Crippen LogP contribution in [0.2, 0.25) is 0 Å². The van der Waals surface area contributed by atoms with E-state index in [-0.39, 0.29) is 93.0 Å². The fraction of sp³-hybridized carbons (Fsp3) is 0.462. The second-order valence-corrected chi connectivity index (χ2v) is 19.6. The number of nitrogens with one attached hydrogen (secondary N) is 10. The van der Waals surface area contributed by atoms with E-state index in [4.69, 9.17) is 15.2 Å². The van der Waals surface area contributed by atoms with Gasteiger partial charge in [0.25, 0.3) is 5.91 Å². The Labute approximate surface area is 459 Å². The largest absolute Gasteiger partial charge is 0.508 e. The number of nitrogens with two attached hydrogens (primary N) is 1. The third-order valence-electron chi connectivity index (χ3n) is 13.4. The summed E-state index contributed by atoms with van der Waals surface area (Å²) >= 11 is 0. The van der Waals surface area contributed by atoms with Gasteiger partial charge in [-0.2, -0.15) is 0 Å². The van der Waals surface area contributed by atoms with E-state index in [1.54, 1.807) is 12.1 Å². The molecule has 9 amide bonds. The number of phenolic OH excluding ortho intramolecular Hbond substituents is 1. The number of benzene rings is 3. The number of amides is 9. The van der Waals surface area contributed by atoms with Gasteiger partial charge in [-0.3, -0.25) is 53.3 Å². The van der Waals surface area contributed by atoms with Gasteiger partial charge in [-0.1, -0.05) is 12.1 Å². The second-order valence-electron chi connectivity index (χ2n) is 19.6. The molecule has 0 radical (unpaired) electrons. The molecule has 4 atom stereocenters. The zero-order valence-corrected chi connectivity index (χ0v) is 44.3. The van der Waals surface area contributed by atoms with E-state index in [0.29, 0.717) is 30.2 Å². The van der Waals surface area contributed by atoms with Gasteiger partial charge in [-0.25, -0.2) is 4.39 Å². The number of phenols is 1. The molecule has 0 spiro atoms. The summed E-state index contributed by atoms with van der Waals surface area (Å²) in [5, 5.41) is 35.0. The Kier molecular flexibility index (Phi) is 20.5. The summed E-state index contributed by atoms with van der Waals surface area (Å²) in [6, 6.07) is 9.13. The van der Waals surface area contributed by atoms with Crippen LogP contribution in [0.4, 0.5) is 21.5 Å². The first-order chi connectivity index (χ1) is 38.3. The molecule has 3 aromatic carbocycles. The number of fused-ring (bicyclic) bond motifs is 1. The highest BCUT2D eigenvalue weighted by atomic mass is 19.1. The molecule has 27 nitrogen and oxygen atoms in total. The third kappa shape index (κ3) is 16.2. The van der Waals surface area contributed by atoms with Crippen molar-refractivity contribution in [3.8, 4) is 17.2 Å². The first-order valence-electron chi connectivity index (χ1n) is 26.1. The Bertz CT molecular complexity index is 2830. The van der Waals surface area contributed by atoms with Crippen LogP contribution in [0.3, 0.4) is 0 Å². The van der Waals surface area contributed by atoms with Crippen molar-refractivity contribution in [1.82, 2.24) is 52.8 Å². The van der Waals surface area contributed by atoms with Gasteiger partial charge >= 0.3 is 0 Å². The van der Waals surface area contributed by atoms with Gasteiger partial charge < -0.3 is 82.9 Å². The van der Waals surface area contributed by atoms with E-state index in [0.717, 1.165) is 18.7 Å². The number of halogens is 1. The number of piperazine rings is 1. The maximum atomic E-state index is 15.7. The quantitative estimate of drug-likeness (QED) is 0.0550. The lowest BCUT2D eigenvalue weighted by atomic mass is 9.92. The number of hydrogen-bond acceptors (Lipinski definition) is 18. The lowest BCUT2D eigenvalue weighted by Gasteiger charge is -2.45. The predicted octanol–water partition coefficient (Wildman–Crippen LogP) is -3.68. The molecule has 3 aromatic rings. The molecule has 28 heteroatoms. The summed E-state index contributed by atoms with van der Waals surface area (Å²) in [6.07, 6.45) is 0.231. The summed E-state index contributed by atoms with van der Waals surface area (Å²) < 4.78 is 27.8. The van der Waals surface area contributed by atoms with E-state index in [9.17, 15) is 53.1 Å². The van der Waals surface area contributed by atoms with Crippen molar-refractivity contribution in [1.29, 1.82) is 0 Å². The molecule has 1 fully saturated rings. The van der Waals surface area contributed by atoms with E-state index in [2.05, 4.69) is 58.1 Å². The van der Waals surface area contributed by atoms with Crippen molar-refractivity contribution in [3.05, 3.63) is 71.0 Å². The summed E-state index contributed by atoms with van der Waals surface area (Å²) in [7, 11) is 2.00. The number of ether oxygens (including phenoxy) is 2. The normalized spacial score (nSPS) is 19.4. The van der Waals surface area contributed by atoms with E-state index in [1.165, 1.54) is 36.4 Å². The average Bonchev–Trinajstić information content (AvgIpc) is 3.59. The molecular formula is C52H67FN14O13. The van der Waals surface area contributed by atoms with Crippen LogP contribution in [0.5, 0.6) is 17.2 Å². The number of carbonyl (C=O) groups is 10. The summed E-state index contributed by atoms with van der Waals surface area (Å²) in [4.78, 5) is 134. The number of aromatic hydroxyl groups is 1. The summed E-state index contributed by atoms with van der Waals surface area (Å²) in [5.74, 6) is -6.49. The smallest absolute Gasteiger partial charge is 0.255 e. The Morgan fingerprint density at radius 3 is 1.98 bits per heavy atom. The van der Waals surface area contributed by atoms with Crippen molar-refractivity contribution in [2.45, 2.75) is 50.4 Å². The van der Waals surface area contributed by atoms with Crippen molar-refractivity contribution < 1.29 is 66.9 Å². The van der Waals surface area contributed by atoms with Crippen molar-refractivity contribution in [2.75, 3.05) is 120 Å². The topological polar surface area (TPSA) is 365 Å². The molecule has 0 aliphatic carbocycles. The molecule has 0 bridgehead atoms. The van der Waals surface area contributed by atoms with Crippen molar-refractivity contribution >= 4 is 76.0 Å². The van der Waals surface area contributed by atoms with Crippen molar-refractivity contribution in [3.63, 3.8) is 0 Å². The standard InChI is InChI=1S/C52H67FN14O13/c1-29-27-80-50-47-35(19-36(53)48(50)66-15-13-65(2)14-16-66)49(76)38(26-67(29)47)56-20-41(70)57-21-42(71)58-22-43(72)59-23-44(73)60-24-45(74)61-25-46(75)62-31-5-8-39-34(18-31)51(77)55-12-10-40(69)64-37(9-11-54)52(78)63-32(28-79-39)17-30-3-6-33(68)7-4-30/h3-8,18-19,29,32,37-38,56,68H,9-17,20-28,54H2,1-2H3,(H,55,77)(H,57,70)(H,58,71)(H,59,72)(H,60,73)(H,61,74)(H,62,75)(H,63,78)(H,64,69)/t29?,32-,37+,38?/m1/s1. The maximum Gasteiger partial charge on any atom is 0.255 e. The molecule has 4 aliphatic rings. The van der Waals surface area contributed by atoms with Crippen LogP contribution in [-0.2, 0) is 44.8 Å². The zero-order chi connectivity index (χ0) is 57.5. The maximum absolute atomic E-state index is 15.7. The summed E-state index contributed by atoms with van der Waals surface area (Å²) in [5.41, 5.74) is 7.60. The lowest BCUT2D eigenvalue weighted by molar-refractivity contribution is -0.129. The van der Waals surface area contributed by atoms with Gasteiger partial charge in [0.1, 0.15) is 36.4 Å². The number of carbonyl (C=O) groups excluding carboxylic acids is 10. The fourth-order valence-electron chi connectivity index (χ4n) is 9.14. The van der Waals surface area contributed by atoms with Gasteiger partial charge in [-0.15, -0.1) is 0 Å². The molecule has 13 N–H and O–H groups in total. The van der Waals surface area contributed by atoms with Crippen LogP contribution in [0.25, 0.3) is 0 Å². The van der Waals surface area contributed by atoms with E-state index >= 15 is 4.39 Å². The molecule has 80 heavy (non-hydrogen) atoms. The first kappa shape index (κ1) is 59.0. The fourth-order valence-corrected chi connectivity index (χ4v) is 9.14. The minimum atomic E-state index is -0.943. The molecular weight excluding hydrogens is 1050 g/mol. The Morgan fingerprint density at radius 1 is 0.738 bits per heavy atom. The van der Waals surface area contributed by atoms with Crippen LogP contribution in [0.15, 0.2) is 48.5 Å². The molecule has 7 rings (SSSR count). The van der Waals surface area contributed by atoms with Gasteiger partial charge in [0.2, 0.25) is 47.3 Å². The SMILES string of the molecule is CC1COc2c(N3CCN(C)CC3)c(F)cc3c2N1CC(NCC(=O)NCC(=O)NCC(=O)NCC(=O)NCC(=O)NCC(=O)Nc1ccc2c(c1)C(=O)NCCC(=O)N[C@@H](CCN)C(=O)N[C@H](Cc1ccc(O)cc1)CO2)C3=O. The van der Waals surface area contributed by atoms with Crippen LogP contribution >= 0.6 is 0 Å². The first-order valence-corrected chi connectivity index (χ1v) is 26.1. The third-order valence-corrected chi connectivity index (χ3v) is 13.4. The van der Waals surface area contributed by atoms with Crippen LogP contribution in [-0.4, -0.2) is 198 Å². The average molecular weight is 1120 g/mol. The molecule has 0 saturated carbocycles. The number of ketones is 1. The Balaban J connectivity index is 0.795. The highest BCUT2D eigenvalue weighted by molar-refractivity contribution is 6.10. The number of likely N-dealkylation sites (N-methyl/N-ethyl adjacent to an activating group) is 1. The number of nitrogens with zero attached hydrogens (tertiary/aromatic N) is 3. The zero-order valence-electron chi connectivity index (χ0n) is 44.3. The minimum Gasteiger partial charge on any atom is -0.508 e.